The molecular formula is C16H17BrN2O2. The van der Waals surface area contributed by atoms with Crippen molar-refractivity contribution in [3.63, 3.8) is 0 Å². The van der Waals surface area contributed by atoms with Crippen LogP contribution in [0.2, 0.25) is 0 Å². The maximum Gasteiger partial charge on any atom is 0.255 e. The molecule has 21 heavy (non-hydrogen) atoms. The average Bonchev–Trinajstić information content (AvgIpc) is 2.47. The molecule has 0 radical (unpaired) electrons. The van der Waals surface area contributed by atoms with E-state index in [-0.39, 0.29) is 5.91 Å². The number of hydrogen-bond donors (Lipinski definition) is 1. The number of carbonyl (C=O) groups is 1. The lowest BCUT2D eigenvalue weighted by Gasteiger charge is -2.13. The smallest absolute Gasteiger partial charge is 0.255 e. The van der Waals surface area contributed by atoms with Crippen LogP contribution in [0.15, 0.2) is 46.9 Å². The molecule has 2 aromatic rings. The number of amides is 1. The Hall–Kier alpha value is -2.01. The molecule has 5 heteroatoms. The zero-order valence-electron chi connectivity index (χ0n) is 12.2. The van der Waals surface area contributed by atoms with E-state index >= 15 is 0 Å². The van der Waals surface area contributed by atoms with E-state index in [9.17, 15) is 4.79 Å². The Morgan fingerprint density at radius 3 is 2.33 bits per heavy atom. The second-order valence-electron chi connectivity index (χ2n) is 4.74. The maximum atomic E-state index is 12.2. The van der Waals surface area contributed by atoms with Gasteiger partial charge in [-0.1, -0.05) is 0 Å². The Balaban J connectivity index is 2.12. The highest BCUT2D eigenvalue weighted by Crippen LogP contribution is 2.26. The second kappa shape index (κ2) is 6.63. The zero-order valence-corrected chi connectivity index (χ0v) is 13.8. The molecule has 0 aliphatic carbocycles. The summed E-state index contributed by atoms with van der Waals surface area (Å²) in [7, 11) is 5.54. The van der Waals surface area contributed by atoms with Gasteiger partial charge in [0.05, 0.1) is 11.6 Å². The number of hydrogen-bond acceptors (Lipinski definition) is 3. The Morgan fingerprint density at radius 2 is 1.81 bits per heavy atom. The van der Waals surface area contributed by atoms with Gasteiger partial charge in [0.2, 0.25) is 0 Å². The molecule has 0 saturated carbocycles. The van der Waals surface area contributed by atoms with Crippen LogP contribution in [0, 0.1) is 0 Å². The summed E-state index contributed by atoms with van der Waals surface area (Å²) in [6, 6.07) is 12.9. The molecule has 0 spiro atoms. The molecular weight excluding hydrogens is 332 g/mol. The molecule has 2 rings (SSSR count). The molecule has 0 aromatic heterocycles. The van der Waals surface area contributed by atoms with Gasteiger partial charge in [-0.05, 0) is 58.4 Å². The van der Waals surface area contributed by atoms with Crippen LogP contribution in [0.25, 0.3) is 0 Å². The van der Waals surface area contributed by atoms with Crippen molar-refractivity contribution >= 4 is 33.2 Å². The lowest BCUT2D eigenvalue weighted by Crippen LogP contribution is -2.12. The highest BCUT2D eigenvalue weighted by molar-refractivity contribution is 9.10. The molecule has 1 amide bonds. The van der Waals surface area contributed by atoms with Crippen molar-refractivity contribution in [1.29, 1.82) is 0 Å². The number of anilines is 2. The van der Waals surface area contributed by atoms with Crippen LogP contribution in [-0.2, 0) is 0 Å². The number of halogens is 1. The molecule has 0 saturated heterocycles. The topological polar surface area (TPSA) is 41.6 Å². The number of carbonyl (C=O) groups excluding carboxylic acids is 1. The van der Waals surface area contributed by atoms with Gasteiger partial charge >= 0.3 is 0 Å². The number of ether oxygens (including phenoxy) is 1. The molecule has 110 valence electrons. The first-order chi connectivity index (χ1) is 10.0. The third-order valence-corrected chi connectivity index (χ3v) is 3.68. The largest absolute Gasteiger partial charge is 0.496 e. The molecule has 0 aliphatic rings. The van der Waals surface area contributed by atoms with E-state index in [0.717, 1.165) is 15.8 Å². The average molecular weight is 349 g/mol. The molecule has 0 bridgehead atoms. The summed E-state index contributed by atoms with van der Waals surface area (Å²) in [6.07, 6.45) is 0. The maximum absolute atomic E-state index is 12.2. The molecule has 0 unspecified atom stereocenters. The summed E-state index contributed by atoms with van der Waals surface area (Å²) >= 11 is 3.38. The lowest BCUT2D eigenvalue weighted by molar-refractivity contribution is 0.102. The number of rotatable bonds is 4. The fourth-order valence-electron chi connectivity index (χ4n) is 1.85. The molecule has 0 heterocycles. The summed E-state index contributed by atoms with van der Waals surface area (Å²) in [4.78, 5) is 14.2. The fourth-order valence-corrected chi connectivity index (χ4v) is 2.39. The SMILES string of the molecule is COc1ccc(C(=O)Nc2ccc(N(C)C)cc2)cc1Br. The molecule has 4 nitrogen and oxygen atoms in total. The van der Waals surface area contributed by atoms with Gasteiger partial charge in [0, 0.05) is 31.0 Å². The van der Waals surface area contributed by atoms with Gasteiger partial charge in [-0.3, -0.25) is 4.79 Å². The molecule has 0 fully saturated rings. The first-order valence-corrected chi connectivity index (χ1v) is 7.23. The summed E-state index contributed by atoms with van der Waals surface area (Å²) in [5.41, 5.74) is 2.41. The van der Waals surface area contributed by atoms with Crippen LogP contribution in [0.3, 0.4) is 0 Å². The summed E-state index contributed by atoms with van der Waals surface area (Å²) in [5, 5.41) is 2.87. The van der Waals surface area contributed by atoms with Gasteiger partial charge in [0.25, 0.3) is 5.91 Å². The van der Waals surface area contributed by atoms with Crippen LogP contribution in [0.1, 0.15) is 10.4 Å². The van der Waals surface area contributed by atoms with Gasteiger partial charge in [-0.15, -0.1) is 0 Å². The van der Waals surface area contributed by atoms with Crippen LogP contribution < -0.4 is 15.0 Å². The minimum Gasteiger partial charge on any atom is -0.496 e. The van der Waals surface area contributed by atoms with E-state index in [2.05, 4.69) is 21.2 Å². The third-order valence-electron chi connectivity index (χ3n) is 3.06. The van der Waals surface area contributed by atoms with Gasteiger partial charge in [-0.25, -0.2) is 0 Å². The first kappa shape index (κ1) is 15.4. The van der Waals surface area contributed by atoms with E-state index < -0.39 is 0 Å². The second-order valence-corrected chi connectivity index (χ2v) is 5.60. The van der Waals surface area contributed by atoms with Gasteiger partial charge < -0.3 is 15.0 Å². The summed E-state index contributed by atoms with van der Waals surface area (Å²) < 4.78 is 5.90. The Morgan fingerprint density at radius 1 is 1.14 bits per heavy atom. The molecule has 0 aliphatic heterocycles. The van der Waals surface area contributed by atoms with Crippen molar-refractivity contribution in [2.24, 2.45) is 0 Å². The molecule has 0 atom stereocenters. The van der Waals surface area contributed by atoms with Crippen molar-refractivity contribution in [3.05, 3.63) is 52.5 Å². The standard InChI is InChI=1S/C16H17BrN2O2/c1-19(2)13-7-5-12(6-8-13)18-16(20)11-4-9-15(21-3)14(17)10-11/h4-10H,1-3H3,(H,18,20). The van der Waals surface area contributed by atoms with Crippen LogP contribution in [0.4, 0.5) is 11.4 Å². The molecule has 2 aromatic carbocycles. The normalized spacial score (nSPS) is 10.1. The van der Waals surface area contributed by atoms with Crippen LogP contribution in [-0.4, -0.2) is 27.1 Å². The number of benzene rings is 2. The Labute approximate surface area is 132 Å². The molecule has 1 N–H and O–H groups in total. The van der Waals surface area contributed by atoms with Crippen molar-refractivity contribution in [2.45, 2.75) is 0 Å². The van der Waals surface area contributed by atoms with Crippen LogP contribution in [0.5, 0.6) is 5.75 Å². The minimum absolute atomic E-state index is 0.157. The number of methoxy groups -OCH3 is 1. The zero-order chi connectivity index (χ0) is 15.4. The first-order valence-electron chi connectivity index (χ1n) is 6.43. The van der Waals surface area contributed by atoms with E-state index in [1.165, 1.54) is 0 Å². The quantitative estimate of drug-likeness (QED) is 0.914. The minimum atomic E-state index is -0.157. The Kier molecular flexibility index (Phi) is 4.85. The van der Waals surface area contributed by atoms with Crippen molar-refractivity contribution in [3.8, 4) is 5.75 Å². The van der Waals surface area contributed by atoms with E-state index in [4.69, 9.17) is 4.74 Å². The number of nitrogens with one attached hydrogen (secondary N) is 1. The monoisotopic (exact) mass is 348 g/mol. The summed E-state index contributed by atoms with van der Waals surface area (Å²) in [5.74, 6) is 0.540. The Bertz CT molecular complexity index is 639. The predicted molar refractivity (Wildman–Crippen MR) is 89.4 cm³/mol. The van der Waals surface area contributed by atoms with E-state index in [1.807, 2.05) is 43.3 Å². The van der Waals surface area contributed by atoms with Gasteiger partial charge in [-0.2, -0.15) is 0 Å². The van der Waals surface area contributed by atoms with E-state index in [0.29, 0.717) is 11.3 Å². The van der Waals surface area contributed by atoms with Crippen molar-refractivity contribution in [2.75, 3.05) is 31.4 Å². The lowest BCUT2D eigenvalue weighted by atomic mass is 10.2. The number of nitrogens with zero attached hydrogens (tertiary/aromatic N) is 1. The van der Waals surface area contributed by atoms with Gasteiger partial charge in [0.1, 0.15) is 5.75 Å². The fraction of sp³-hybridized carbons (Fsp3) is 0.188. The van der Waals surface area contributed by atoms with Gasteiger partial charge in [0.15, 0.2) is 0 Å². The highest BCUT2D eigenvalue weighted by atomic mass is 79.9. The van der Waals surface area contributed by atoms with Crippen LogP contribution >= 0.6 is 15.9 Å². The van der Waals surface area contributed by atoms with E-state index in [1.54, 1.807) is 25.3 Å². The summed E-state index contributed by atoms with van der Waals surface area (Å²) in [6.45, 7) is 0. The van der Waals surface area contributed by atoms with Crippen molar-refractivity contribution in [1.82, 2.24) is 0 Å². The predicted octanol–water partition coefficient (Wildman–Crippen LogP) is 3.78. The third kappa shape index (κ3) is 3.76. The van der Waals surface area contributed by atoms with Crippen molar-refractivity contribution < 1.29 is 9.53 Å². The highest BCUT2D eigenvalue weighted by Gasteiger charge is 2.09.